The number of aromatic hydroxyl groups is 1. The van der Waals surface area contributed by atoms with E-state index in [1.54, 1.807) is 19.2 Å². The Hall–Kier alpha value is -2.15. The van der Waals surface area contributed by atoms with E-state index in [0.717, 1.165) is 16.7 Å². The predicted molar refractivity (Wildman–Crippen MR) is 114 cm³/mol. The van der Waals surface area contributed by atoms with Crippen molar-refractivity contribution in [3.05, 3.63) is 64.2 Å². The van der Waals surface area contributed by atoms with E-state index in [9.17, 15) is 15.1 Å². The van der Waals surface area contributed by atoms with E-state index >= 15 is 0 Å². The van der Waals surface area contributed by atoms with Gasteiger partial charge in [-0.15, -0.1) is 0 Å². The molecule has 2 aromatic carbocycles. The summed E-state index contributed by atoms with van der Waals surface area (Å²) in [6, 6.07) is 9.10. The summed E-state index contributed by atoms with van der Waals surface area (Å²) in [5.74, 6) is 1.18. The monoisotopic (exact) mass is 434 g/mol. The molecule has 0 fully saturated rings. The molecule has 0 saturated carbocycles. The standard InChI is InChI=1S/C22H27O7P/c1-14(11-27-13-30(25)29-16-7-5-4-6-8-16)9-10-17-20(23)19-18(12-28-22(19)24)15(2)21(17)26-3/h4-9,22-25H,10-13H2,1-3H3/b14-9+. The number of aliphatic hydroxyl groups is 1. The van der Waals surface area contributed by atoms with E-state index < -0.39 is 14.7 Å². The molecular formula is C22H27O7P. The first-order chi connectivity index (χ1) is 14.4. The van der Waals surface area contributed by atoms with Gasteiger partial charge in [-0.3, -0.25) is 0 Å². The SMILES string of the molecule is COc1c(C)c2c(c(O)c1C/C=C(\C)COCP(O)Oc1ccccc1)C(O)OC2. The lowest BCUT2D eigenvalue weighted by molar-refractivity contribution is -0.0926. The minimum absolute atomic E-state index is 0.00226. The molecule has 0 amide bonds. The number of benzene rings is 2. The van der Waals surface area contributed by atoms with Gasteiger partial charge in [0, 0.05) is 5.56 Å². The van der Waals surface area contributed by atoms with E-state index in [4.69, 9.17) is 18.7 Å². The molecule has 2 unspecified atom stereocenters. The molecule has 0 aromatic heterocycles. The second-order valence-corrected chi connectivity index (χ2v) is 8.17. The van der Waals surface area contributed by atoms with Crippen LogP contribution in [0.2, 0.25) is 0 Å². The van der Waals surface area contributed by atoms with Gasteiger partial charge in [-0.1, -0.05) is 29.8 Å². The smallest absolute Gasteiger partial charge is 0.255 e. The Bertz CT molecular complexity index is 898. The van der Waals surface area contributed by atoms with Gasteiger partial charge in [0.1, 0.15) is 23.6 Å². The summed E-state index contributed by atoms with van der Waals surface area (Å²) >= 11 is 0. The van der Waals surface area contributed by atoms with Crippen molar-refractivity contribution >= 4 is 8.38 Å². The fourth-order valence-electron chi connectivity index (χ4n) is 3.39. The molecule has 0 saturated heterocycles. The van der Waals surface area contributed by atoms with Crippen LogP contribution in [0.1, 0.15) is 35.5 Å². The lowest BCUT2D eigenvalue weighted by Crippen LogP contribution is -2.03. The molecule has 7 nitrogen and oxygen atoms in total. The number of methoxy groups -OCH3 is 1. The summed E-state index contributed by atoms with van der Waals surface area (Å²) in [6.07, 6.45) is 1.28. The first kappa shape index (κ1) is 22.5. The molecule has 0 spiro atoms. The van der Waals surface area contributed by atoms with E-state index in [-0.39, 0.29) is 18.7 Å². The molecule has 0 radical (unpaired) electrons. The fourth-order valence-corrected chi connectivity index (χ4v) is 4.06. The van der Waals surface area contributed by atoms with Crippen molar-refractivity contribution in [2.75, 3.05) is 20.1 Å². The van der Waals surface area contributed by atoms with Gasteiger partial charge in [0.25, 0.3) is 8.38 Å². The molecule has 0 aliphatic carbocycles. The largest absolute Gasteiger partial charge is 0.507 e. The van der Waals surface area contributed by atoms with Gasteiger partial charge < -0.3 is 33.8 Å². The number of rotatable bonds is 9. The number of hydrogen-bond acceptors (Lipinski definition) is 7. The highest BCUT2D eigenvalue weighted by molar-refractivity contribution is 7.46. The quantitative estimate of drug-likeness (QED) is 0.404. The van der Waals surface area contributed by atoms with Crippen molar-refractivity contribution < 1.29 is 33.8 Å². The maximum absolute atomic E-state index is 10.7. The highest BCUT2D eigenvalue weighted by atomic mass is 31.2. The zero-order valence-electron chi connectivity index (χ0n) is 17.3. The molecule has 1 heterocycles. The summed E-state index contributed by atoms with van der Waals surface area (Å²) in [5.41, 5.74) is 3.54. The number of phenolic OH excluding ortho intramolecular Hbond substituents is 1. The Morgan fingerprint density at radius 1 is 1.30 bits per heavy atom. The fraction of sp³-hybridized carbons (Fsp3) is 0.364. The molecule has 1 aliphatic rings. The first-order valence-corrected chi connectivity index (χ1v) is 11.0. The predicted octanol–water partition coefficient (Wildman–Crippen LogP) is 4.08. The van der Waals surface area contributed by atoms with Crippen molar-refractivity contribution in [1.82, 2.24) is 0 Å². The first-order valence-electron chi connectivity index (χ1n) is 9.56. The van der Waals surface area contributed by atoms with Gasteiger partial charge in [-0.05, 0) is 43.5 Å². The Morgan fingerprint density at radius 2 is 2.03 bits per heavy atom. The average Bonchev–Trinajstić information content (AvgIpc) is 3.12. The molecule has 2 atom stereocenters. The van der Waals surface area contributed by atoms with Crippen LogP contribution < -0.4 is 9.26 Å². The van der Waals surface area contributed by atoms with Crippen LogP contribution in [0, 0.1) is 6.92 Å². The van der Waals surface area contributed by atoms with Crippen LogP contribution in [-0.4, -0.2) is 35.2 Å². The minimum atomic E-state index is -1.72. The van der Waals surface area contributed by atoms with E-state index in [1.807, 2.05) is 38.1 Å². The average molecular weight is 434 g/mol. The third kappa shape index (κ3) is 5.12. The number of para-hydroxylation sites is 1. The second-order valence-electron chi connectivity index (χ2n) is 7.03. The summed E-state index contributed by atoms with van der Waals surface area (Å²) in [6.45, 7) is 4.35. The maximum atomic E-state index is 10.7. The van der Waals surface area contributed by atoms with Crippen LogP contribution in [0.25, 0.3) is 0 Å². The van der Waals surface area contributed by atoms with Crippen molar-refractivity contribution in [2.24, 2.45) is 0 Å². The van der Waals surface area contributed by atoms with Crippen LogP contribution in [0.5, 0.6) is 17.2 Å². The molecule has 2 aromatic rings. The summed E-state index contributed by atoms with van der Waals surface area (Å²) in [4.78, 5) is 9.99. The van der Waals surface area contributed by atoms with E-state index in [2.05, 4.69) is 0 Å². The van der Waals surface area contributed by atoms with Crippen molar-refractivity contribution in [2.45, 2.75) is 33.2 Å². The Kier molecular flexibility index (Phi) is 7.69. The number of ether oxygens (including phenoxy) is 3. The van der Waals surface area contributed by atoms with Gasteiger partial charge in [0.2, 0.25) is 0 Å². The van der Waals surface area contributed by atoms with Crippen LogP contribution >= 0.6 is 8.38 Å². The van der Waals surface area contributed by atoms with Crippen LogP contribution in [0.4, 0.5) is 0 Å². The maximum Gasteiger partial charge on any atom is 0.255 e. The molecule has 3 rings (SSSR count). The minimum Gasteiger partial charge on any atom is -0.507 e. The molecule has 30 heavy (non-hydrogen) atoms. The summed E-state index contributed by atoms with van der Waals surface area (Å²) < 4.78 is 21.7. The number of aliphatic hydroxyl groups excluding tert-OH is 1. The van der Waals surface area contributed by atoms with Crippen molar-refractivity contribution in [3.63, 3.8) is 0 Å². The topological polar surface area (TPSA) is 97.6 Å². The second kappa shape index (κ2) is 10.2. The van der Waals surface area contributed by atoms with Gasteiger partial charge in [-0.2, -0.15) is 0 Å². The third-order valence-electron chi connectivity index (χ3n) is 4.91. The highest BCUT2D eigenvalue weighted by Crippen LogP contribution is 2.45. The molecule has 162 valence electrons. The Labute approximate surface area is 177 Å². The van der Waals surface area contributed by atoms with Gasteiger partial charge in [-0.25, -0.2) is 0 Å². The van der Waals surface area contributed by atoms with Crippen LogP contribution in [-0.2, 0) is 22.5 Å². The van der Waals surface area contributed by atoms with Gasteiger partial charge in [0.05, 0.1) is 25.9 Å². The number of phenols is 1. The number of allylic oxidation sites excluding steroid dienone is 1. The zero-order chi connectivity index (χ0) is 21.7. The highest BCUT2D eigenvalue weighted by Gasteiger charge is 2.31. The van der Waals surface area contributed by atoms with Crippen LogP contribution in [0.15, 0.2) is 42.0 Å². The molecule has 0 bridgehead atoms. The van der Waals surface area contributed by atoms with Crippen molar-refractivity contribution in [1.29, 1.82) is 0 Å². The molecule has 8 heteroatoms. The lowest BCUT2D eigenvalue weighted by Gasteiger charge is -2.17. The number of fused-ring (bicyclic) bond motifs is 1. The van der Waals surface area contributed by atoms with Crippen molar-refractivity contribution in [3.8, 4) is 17.2 Å². The number of hydrogen-bond donors (Lipinski definition) is 3. The third-order valence-corrected chi connectivity index (χ3v) is 5.74. The molecular weight excluding hydrogens is 407 g/mol. The van der Waals surface area contributed by atoms with E-state index in [0.29, 0.717) is 35.7 Å². The summed E-state index contributed by atoms with van der Waals surface area (Å²) in [7, 11) is -0.162. The Morgan fingerprint density at radius 3 is 2.73 bits per heavy atom. The van der Waals surface area contributed by atoms with Gasteiger partial charge >= 0.3 is 0 Å². The molecule has 1 aliphatic heterocycles. The van der Waals surface area contributed by atoms with Gasteiger partial charge in [0.15, 0.2) is 6.29 Å². The van der Waals surface area contributed by atoms with E-state index in [1.165, 1.54) is 0 Å². The van der Waals surface area contributed by atoms with Crippen LogP contribution in [0.3, 0.4) is 0 Å². The lowest BCUT2D eigenvalue weighted by atomic mass is 9.94. The Balaban J connectivity index is 1.60. The normalized spacial score (nSPS) is 17.0. The summed E-state index contributed by atoms with van der Waals surface area (Å²) in [5, 5.41) is 20.7. The zero-order valence-corrected chi connectivity index (χ0v) is 18.2. The molecule has 3 N–H and O–H groups in total.